The zero-order valence-corrected chi connectivity index (χ0v) is 9.33. The second-order valence-corrected chi connectivity index (χ2v) is 4.44. The Morgan fingerprint density at radius 3 is 2.33 bits per heavy atom. The first-order valence-electron chi connectivity index (χ1n) is 2.99. The standard InChI is InChI=1S/C6H15INS/c1-8(2,6-7)4-5-9-3/h4-6H2,1-3H3/q+1. The van der Waals surface area contributed by atoms with Crippen LogP contribution in [0.2, 0.25) is 0 Å². The van der Waals surface area contributed by atoms with E-state index < -0.39 is 0 Å². The number of halogens is 1. The summed E-state index contributed by atoms with van der Waals surface area (Å²) in [5, 5.41) is 0. The number of alkyl halides is 1. The molecule has 56 valence electrons. The molecule has 0 aliphatic carbocycles. The SMILES string of the molecule is CSCC[N+](C)(C)CI. The van der Waals surface area contributed by atoms with E-state index in [2.05, 4.69) is 42.9 Å². The highest BCUT2D eigenvalue weighted by molar-refractivity contribution is 14.1. The Kier molecular flexibility index (Phi) is 5.35. The average molecular weight is 260 g/mol. The maximum atomic E-state index is 2.43. The minimum absolute atomic E-state index is 1.14. The molecule has 1 nitrogen and oxygen atoms in total. The van der Waals surface area contributed by atoms with E-state index in [-0.39, 0.29) is 0 Å². The fraction of sp³-hybridized carbons (Fsp3) is 1.00. The Hall–Kier alpha value is 1.04. The van der Waals surface area contributed by atoms with E-state index in [0.717, 1.165) is 4.48 Å². The van der Waals surface area contributed by atoms with Crippen molar-refractivity contribution in [3.63, 3.8) is 0 Å². The lowest BCUT2D eigenvalue weighted by Gasteiger charge is -2.26. The summed E-state index contributed by atoms with van der Waals surface area (Å²) in [4.78, 5) is 0. The number of thioether (sulfide) groups is 1. The van der Waals surface area contributed by atoms with Crippen molar-refractivity contribution in [3.8, 4) is 0 Å². The molecule has 0 spiro atoms. The van der Waals surface area contributed by atoms with Crippen LogP contribution in [-0.2, 0) is 0 Å². The van der Waals surface area contributed by atoms with Gasteiger partial charge in [-0.3, -0.25) is 0 Å². The largest absolute Gasteiger partial charge is 0.320 e. The van der Waals surface area contributed by atoms with Crippen LogP contribution < -0.4 is 0 Å². The molecule has 0 aromatic carbocycles. The lowest BCUT2D eigenvalue weighted by Crippen LogP contribution is -2.39. The molecule has 0 saturated carbocycles. The van der Waals surface area contributed by atoms with Crippen LogP contribution >= 0.6 is 34.4 Å². The minimum atomic E-state index is 1.14. The van der Waals surface area contributed by atoms with Gasteiger partial charge in [0.1, 0.15) is 4.55 Å². The molecule has 0 aliphatic rings. The first kappa shape index (κ1) is 10.0. The molecule has 0 N–H and O–H groups in total. The number of rotatable bonds is 4. The Morgan fingerprint density at radius 2 is 2.00 bits per heavy atom. The molecule has 0 aromatic heterocycles. The van der Waals surface area contributed by atoms with Crippen LogP contribution in [0.1, 0.15) is 0 Å². The van der Waals surface area contributed by atoms with Crippen LogP contribution in [0.15, 0.2) is 0 Å². The zero-order chi connectivity index (χ0) is 7.33. The van der Waals surface area contributed by atoms with Gasteiger partial charge in [-0.2, -0.15) is 11.8 Å². The second kappa shape index (κ2) is 4.79. The molecule has 0 aromatic rings. The van der Waals surface area contributed by atoms with Crippen LogP contribution in [0, 0.1) is 0 Å². The van der Waals surface area contributed by atoms with Crippen molar-refractivity contribution in [1.82, 2.24) is 0 Å². The molecule has 0 saturated heterocycles. The first-order chi connectivity index (χ1) is 4.12. The molecular weight excluding hydrogens is 245 g/mol. The summed E-state index contributed by atoms with van der Waals surface area (Å²) in [6, 6.07) is 0. The maximum Gasteiger partial charge on any atom is 0.129 e. The number of quaternary nitrogens is 1. The third kappa shape index (κ3) is 5.48. The van der Waals surface area contributed by atoms with E-state index in [9.17, 15) is 0 Å². The Bertz CT molecular complexity index is 75.5. The van der Waals surface area contributed by atoms with Crippen LogP contribution in [0.4, 0.5) is 0 Å². The molecule has 3 heteroatoms. The fourth-order valence-corrected chi connectivity index (χ4v) is 1.42. The lowest BCUT2D eigenvalue weighted by atomic mass is 10.6. The molecule has 0 rings (SSSR count). The molecule has 0 heterocycles. The van der Waals surface area contributed by atoms with Gasteiger partial charge in [-0.25, -0.2) is 0 Å². The molecule has 0 amide bonds. The predicted molar refractivity (Wildman–Crippen MR) is 54.2 cm³/mol. The van der Waals surface area contributed by atoms with Gasteiger partial charge in [-0.05, 0) is 28.8 Å². The summed E-state index contributed by atoms with van der Waals surface area (Å²) in [6.07, 6.45) is 2.16. The zero-order valence-electron chi connectivity index (χ0n) is 6.35. The number of hydrogen-bond donors (Lipinski definition) is 0. The van der Waals surface area contributed by atoms with E-state index in [0.29, 0.717) is 0 Å². The molecule has 0 aliphatic heterocycles. The topological polar surface area (TPSA) is 0 Å². The van der Waals surface area contributed by atoms with Gasteiger partial charge < -0.3 is 4.48 Å². The van der Waals surface area contributed by atoms with Crippen molar-refractivity contribution in [1.29, 1.82) is 0 Å². The minimum Gasteiger partial charge on any atom is -0.320 e. The molecule has 0 fully saturated rings. The summed E-state index contributed by atoms with van der Waals surface area (Å²) in [7, 11) is 4.53. The summed E-state index contributed by atoms with van der Waals surface area (Å²) >= 11 is 4.36. The maximum absolute atomic E-state index is 2.43. The molecule has 0 radical (unpaired) electrons. The van der Waals surface area contributed by atoms with Gasteiger partial charge in [0.2, 0.25) is 0 Å². The van der Waals surface area contributed by atoms with E-state index in [1.54, 1.807) is 0 Å². The predicted octanol–water partition coefficient (Wildman–Crippen LogP) is 1.82. The van der Waals surface area contributed by atoms with Crippen molar-refractivity contribution >= 4 is 34.4 Å². The third-order valence-electron chi connectivity index (χ3n) is 1.22. The second-order valence-electron chi connectivity index (χ2n) is 2.77. The third-order valence-corrected chi connectivity index (χ3v) is 3.66. The number of nitrogens with zero attached hydrogens (tertiary/aromatic N) is 1. The molecular formula is C6H15INS+. The van der Waals surface area contributed by atoms with Crippen LogP contribution in [0.25, 0.3) is 0 Å². The van der Waals surface area contributed by atoms with E-state index in [4.69, 9.17) is 0 Å². The summed E-state index contributed by atoms with van der Waals surface area (Å²) in [5.74, 6) is 1.27. The fourth-order valence-electron chi connectivity index (χ4n) is 0.398. The van der Waals surface area contributed by atoms with Gasteiger partial charge in [-0.15, -0.1) is 0 Å². The van der Waals surface area contributed by atoms with Crippen molar-refractivity contribution < 1.29 is 4.48 Å². The highest BCUT2D eigenvalue weighted by atomic mass is 127. The highest BCUT2D eigenvalue weighted by Gasteiger charge is 2.10. The molecule has 0 unspecified atom stereocenters. The Balaban J connectivity index is 3.33. The van der Waals surface area contributed by atoms with Gasteiger partial charge in [0, 0.05) is 5.75 Å². The van der Waals surface area contributed by atoms with E-state index >= 15 is 0 Å². The normalized spacial score (nSPS) is 12.0. The van der Waals surface area contributed by atoms with Crippen molar-refractivity contribution in [2.24, 2.45) is 0 Å². The average Bonchev–Trinajstić information content (AvgIpc) is 1.84. The summed E-state index contributed by atoms with van der Waals surface area (Å²) in [6.45, 7) is 1.28. The molecule has 9 heavy (non-hydrogen) atoms. The van der Waals surface area contributed by atoms with Gasteiger partial charge in [0.15, 0.2) is 0 Å². The van der Waals surface area contributed by atoms with Crippen molar-refractivity contribution in [2.45, 2.75) is 0 Å². The molecule has 0 bridgehead atoms. The van der Waals surface area contributed by atoms with Gasteiger partial charge in [0.25, 0.3) is 0 Å². The summed E-state index contributed by atoms with van der Waals surface area (Å²) in [5.41, 5.74) is 0. The smallest absolute Gasteiger partial charge is 0.129 e. The lowest BCUT2D eigenvalue weighted by molar-refractivity contribution is -0.871. The van der Waals surface area contributed by atoms with Crippen molar-refractivity contribution in [3.05, 3.63) is 0 Å². The van der Waals surface area contributed by atoms with Crippen molar-refractivity contribution in [2.75, 3.05) is 37.2 Å². The number of hydrogen-bond acceptors (Lipinski definition) is 1. The van der Waals surface area contributed by atoms with E-state index in [1.807, 2.05) is 11.8 Å². The Morgan fingerprint density at radius 1 is 1.44 bits per heavy atom. The summed E-state index contributed by atoms with van der Waals surface area (Å²) < 4.78 is 2.35. The highest BCUT2D eigenvalue weighted by Crippen LogP contribution is 2.03. The van der Waals surface area contributed by atoms with E-state index in [1.165, 1.54) is 16.8 Å². The Labute approximate surface area is 75.9 Å². The first-order valence-corrected chi connectivity index (χ1v) is 5.91. The van der Waals surface area contributed by atoms with Crippen LogP contribution in [0.5, 0.6) is 0 Å². The van der Waals surface area contributed by atoms with Gasteiger partial charge >= 0.3 is 0 Å². The quantitative estimate of drug-likeness (QED) is 0.321. The van der Waals surface area contributed by atoms with Gasteiger partial charge in [-0.1, -0.05) is 0 Å². The molecule has 0 atom stereocenters. The van der Waals surface area contributed by atoms with Crippen LogP contribution in [0.3, 0.4) is 0 Å². The van der Waals surface area contributed by atoms with Crippen LogP contribution in [-0.4, -0.2) is 41.7 Å². The van der Waals surface area contributed by atoms with Gasteiger partial charge in [0.05, 0.1) is 20.6 Å². The monoisotopic (exact) mass is 260 g/mol.